The van der Waals surface area contributed by atoms with Gasteiger partial charge in [0.05, 0.1) is 6.54 Å². The quantitative estimate of drug-likeness (QED) is 0.715. The van der Waals surface area contributed by atoms with Gasteiger partial charge in [0.15, 0.2) is 5.03 Å². The maximum absolute atomic E-state index is 11.7. The topological polar surface area (TPSA) is 70.2 Å². The highest BCUT2D eigenvalue weighted by Gasteiger charge is 2.20. The predicted octanol–water partition coefficient (Wildman–Crippen LogP) is -0.371. The fourth-order valence-corrected chi connectivity index (χ4v) is 2.02. The first-order chi connectivity index (χ1) is 6.98. The lowest BCUT2D eigenvalue weighted by Crippen LogP contribution is -2.29. The van der Waals surface area contributed by atoms with Crippen molar-refractivity contribution in [1.82, 2.24) is 9.29 Å². The summed E-state index contributed by atoms with van der Waals surface area (Å²) in [4.78, 5) is 13.2. The molecule has 0 atom stereocenters. The van der Waals surface area contributed by atoms with Gasteiger partial charge in [-0.1, -0.05) is 12.0 Å². The third-order valence-electron chi connectivity index (χ3n) is 1.74. The van der Waals surface area contributed by atoms with Crippen LogP contribution in [-0.4, -0.2) is 31.3 Å². The first-order valence-corrected chi connectivity index (χ1v) is 5.51. The number of hydrogen-bond acceptors (Lipinski definition) is 3. The fraction of sp³-hybridized carbons (Fsp3) is 0.222. The number of pyridine rings is 1. The molecular weight excluding hydrogens is 216 g/mol. The molecule has 0 aromatic carbocycles. The smallest absolute Gasteiger partial charge is 0.259 e. The first kappa shape index (κ1) is 11.5. The molecule has 0 bridgehead atoms. The molecular formula is C9H10N2O3S. The van der Waals surface area contributed by atoms with Crippen LogP contribution in [0.2, 0.25) is 0 Å². The molecule has 80 valence electrons. The van der Waals surface area contributed by atoms with Crippen LogP contribution in [0.3, 0.4) is 0 Å². The summed E-state index contributed by atoms with van der Waals surface area (Å²) in [6.07, 6.45) is 5.01. The van der Waals surface area contributed by atoms with Crippen molar-refractivity contribution < 1.29 is 8.42 Å². The van der Waals surface area contributed by atoms with Gasteiger partial charge in [0.25, 0.3) is 10.0 Å². The average molecular weight is 226 g/mol. The number of terminal acetylenes is 1. The van der Waals surface area contributed by atoms with Crippen molar-refractivity contribution >= 4 is 10.0 Å². The number of aromatic nitrogens is 1. The summed E-state index contributed by atoms with van der Waals surface area (Å²) in [5, 5.41) is -0.159. The van der Waals surface area contributed by atoms with Crippen LogP contribution in [0.5, 0.6) is 0 Å². The molecule has 6 heteroatoms. The van der Waals surface area contributed by atoms with Crippen molar-refractivity contribution in [2.75, 3.05) is 13.6 Å². The van der Waals surface area contributed by atoms with Crippen LogP contribution in [0.4, 0.5) is 0 Å². The Balaban J connectivity index is 3.18. The standard InChI is InChI=1S/C9H10N2O3S/c1-3-7-11(2)15(13,14)9-6-4-5-8(12)10-9/h1,4-6H,7H2,2H3,(H,10,12). The van der Waals surface area contributed by atoms with E-state index in [9.17, 15) is 13.2 Å². The van der Waals surface area contributed by atoms with E-state index in [2.05, 4.69) is 10.9 Å². The maximum Gasteiger partial charge on any atom is 0.259 e. The zero-order valence-electron chi connectivity index (χ0n) is 8.10. The molecule has 0 amide bonds. The van der Waals surface area contributed by atoms with Crippen LogP contribution >= 0.6 is 0 Å². The van der Waals surface area contributed by atoms with Crippen LogP contribution in [0.25, 0.3) is 0 Å². The van der Waals surface area contributed by atoms with Crippen molar-refractivity contribution in [3.63, 3.8) is 0 Å². The van der Waals surface area contributed by atoms with Crippen molar-refractivity contribution in [3.05, 3.63) is 28.6 Å². The molecule has 5 nitrogen and oxygen atoms in total. The lowest BCUT2D eigenvalue weighted by Gasteiger charge is -2.13. The molecule has 1 aromatic rings. The Morgan fingerprint density at radius 3 is 2.73 bits per heavy atom. The van der Waals surface area contributed by atoms with Gasteiger partial charge in [0.1, 0.15) is 0 Å². The van der Waals surface area contributed by atoms with E-state index in [0.29, 0.717) is 0 Å². The number of rotatable bonds is 3. The van der Waals surface area contributed by atoms with E-state index in [-0.39, 0.29) is 11.6 Å². The van der Waals surface area contributed by atoms with Crippen LogP contribution in [-0.2, 0) is 10.0 Å². The summed E-state index contributed by atoms with van der Waals surface area (Å²) in [6, 6.07) is 3.92. The molecule has 0 radical (unpaired) electrons. The van der Waals surface area contributed by atoms with E-state index in [0.717, 1.165) is 4.31 Å². The fourth-order valence-electron chi connectivity index (χ4n) is 0.960. The van der Waals surface area contributed by atoms with E-state index >= 15 is 0 Å². The minimum atomic E-state index is -3.69. The van der Waals surface area contributed by atoms with Gasteiger partial charge in [-0.15, -0.1) is 6.42 Å². The number of nitrogens with zero attached hydrogens (tertiary/aromatic N) is 1. The molecule has 0 saturated carbocycles. The SMILES string of the molecule is C#CCN(C)S(=O)(=O)c1cccc(=O)[nH]1. The Kier molecular flexibility index (Phi) is 3.29. The monoisotopic (exact) mass is 226 g/mol. The third kappa shape index (κ3) is 2.46. The zero-order valence-corrected chi connectivity index (χ0v) is 8.91. The van der Waals surface area contributed by atoms with Crippen LogP contribution in [0.1, 0.15) is 0 Å². The van der Waals surface area contributed by atoms with E-state index in [1.165, 1.54) is 25.2 Å². The Morgan fingerprint density at radius 2 is 2.20 bits per heavy atom. The Hall–Kier alpha value is -1.58. The van der Waals surface area contributed by atoms with E-state index in [1.807, 2.05) is 0 Å². The van der Waals surface area contributed by atoms with Gasteiger partial charge < -0.3 is 4.98 Å². The molecule has 0 spiro atoms. The number of sulfonamides is 1. The Labute approximate surface area is 87.8 Å². The van der Waals surface area contributed by atoms with Gasteiger partial charge in [-0.2, -0.15) is 4.31 Å². The molecule has 1 heterocycles. The lowest BCUT2D eigenvalue weighted by atomic mass is 10.5. The summed E-state index contributed by atoms with van der Waals surface area (Å²) >= 11 is 0. The molecule has 0 saturated heterocycles. The molecule has 0 aliphatic rings. The summed E-state index contributed by atoms with van der Waals surface area (Å²) in [7, 11) is -2.34. The largest absolute Gasteiger partial charge is 0.312 e. The third-order valence-corrected chi connectivity index (χ3v) is 3.49. The van der Waals surface area contributed by atoms with E-state index < -0.39 is 15.6 Å². The second-order valence-electron chi connectivity index (χ2n) is 2.84. The summed E-state index contributed by atoms with van der Waals surface area (Å²) < 4.78 is 24.5. The van der Waals surface area contributed by atoms with E-state index in [4.69, 9.17) is 6.42 Å². The van der Waals surface area contributed by atoms with Gasteiger partial charge in [-0.05, 0) is 6.07 Å². The average Bonchev–Trinajstić information content (AvgIpc) is 2.18. The first-order valence-electron chi connectivity index (χ1n) is 4.07. The zero-order chi connectivity index (χ0) is 11.5. The Bertz CT molecular complexity index is 539. The minimum Gasteiger partial charge on any atom is -0.312 e. The van der Waals surface area contributed by atoms with Crippen LogP contribution in [0.15, 0.2) is 28.0 Å². The van der Waals surface area contributed by atoms with Crippen molar-refractivity contribution in [1.29, 1.82) is 0 Å². The molecule has 1 rings (SSSR count). The van der Waals surface area contributed by atoms with Gasteiger partial charge in [-0.25, -0.2) is 8.42 Å². The lowest BCUT2D eigenvalue weighted by molar-refractivity contribution is 0.499. The molecule has 1 aromatic heterocycles. The van der Waals surface area contributed by atoms with Crippen molar-refractivity contribution in [2.24, 2.45) is 0 Å². The van der Waals surface area contributed by atoms with Crippen molar-refractivity contribution in [2.45, 2.75) is 5.03 Å². The number of nitrogens with one attached hydrogen (secondary N) is 1. The normalized spacial score (nSPS) is 11.3. The van der Waals surface area contributed by atoms with Crippen LogP contribution < -0.4 is 5.56 Å². The van der Waals surface area contributed by atoms with Gasteiger partial charge >= 0.3 is 0 Å². The molecule has 15 heavy (non-hydrogen) atoms. The highest BCUT2D eigenvalue weighted by Crippen LogP contribution is 2.08. The summed E-state index contributed by atoms with van der Waals surface area (Å²) in [6.45, 7) is -0.0424. The highest BCUT2D eigenvalue weighted by atomic mass is 32.2. The molecule has 0 fully saturated rings. The molecule has 0 aliphatic carbocycles. The second kappa shape index (κ2) is 4.29. The molecule has 1 N–H and O–H groups in total. The minimum absolute atomic E-state index is 0.0424. The van der Waals surface area contributed by atoms with E-state index in [1.54, 1.807) is 0 Å². The molecule has 0 unspecified atom stereocenters. The van der Waals surface area contributed by atoms with Crippen LogP contribution in [0, 0.1) is 12.3 Å². The van der Waals surface area contributed by atoms with Crippen molar-refractivity contribution in [3.8, 4) is 12.3 Å². The highest BCUT2D eigenvalue weighted by molar-refractivity contribution is 7.89. The van der Waals surface area contributed by atoms with Gasteiger partial charge in [-0.3, -0.25) is 4.79 Å². The van der Waals surface area contributed by atoms with Gasteiger partial charge in [0.2, 0.25) is 5.56 Å². The van der Waals surface area contributed by atoms with Gasteiger partial charge in [0, 0.05) is 13.1 Å². The summed E-state index contributed by atoms with van der Waals surface area (Å²) in [5.41, 5.74) is -0.467. The molecule has 0 aliphatic heterocycles. The second-order valence-corrected chi connectivity index (χ2v) is 4.86. The number of hydrogen-bond donors (Lipinski definition) is 1. The predicted molar refractivity (Wildman–Crippen MR) is 55.7 cm³/mol. The number of aromatic amines is 1. The maximum atomic E-state index is 11.7. The Morgan fingerprint density at radius 1 is 1.53 bits per heavy atom. The number of H-pyrrole nitrogens is 1. The summed E-state index contributed by atoms with van der Waals surface area (Å²) in [5.74, 6) is 2.21.